The van der Waals surface area contributed by atoms with Gasteiger partial charge >= 0.3 is 0 Å². The van der Waals surface area contributed by atoms with Gasteiger partial charge in [-0.05, 0) is 24.2 Å². The van der Waals surface area contributed by atoms with E-state index in [-0.39, 0.29) is 11.2 Å². The molecule has 0 aliphatic carbocycles. The van der Waals surface area contributed by atoms with Crippen LogP contribution in [0.5, 0.6) is 0 Å². The van der Waals surface area contributed by atoms with Crippen LogP contribution in [0.1, 0.15) is 33.6 Å². The van der Waals surface area contributed by atoms with Crippen molar-refractivity contribution >= 4 is 10.0 Å². The number of rotatable bonds is 4. The molecule has 2 fully saturated rings. The number of hydrogen-bond acceptors (Lipinski definition) is 4. The fourth-order valence-corrected chi connectivity index (χ4v) is 4.82. The van der Waals surface area contributed by atoms with Crippen LogP contribution in [-0.2, 0) is 10.0 Å². The zero-order valence-corrected chi connectivity index (χ0v) is 14.6. The summed E-state index contributed by atoms with van der Waals surface area (Å²) in [5.74, 6) is 0.907. The fraction of sp³-hybridized carbons (Fsp3) is 1.00. The Morgan fingerprint density at radius 1 is 1.05 bits per heavy atom. The van der Waals surface area contributed by atoms with E-state index < -0.39 is 10.0 Å². The molecule has 0 aromatic rings. The third-order valence-electron chi connectivity index (χ3n) is 4.95. The van der Waals surface area contributed by atoms with Crippen molar-refractivity contribution in [3.05, 3.63) is 0 Å². The van der Waals surface area contributed by atoms with Crippen molar-refractivity contribution in [1.82, 2.24) is 14.5 Å². The summed E-state index contributed by atoms with van der Waals surface area (Å²) in [6, 6.07) is 0. The zero-order valence-electron chi connectivity index (χ0n) is 13.8. The van der Waals surface area contributed by atoms with Gasteiger partial charge in [-0.2, -0.15) is 0 Å². The van der Waals surface area contributed by atoms with Gasteiger partial charge in [-0.25, -0.2) is 12.7 Å². The number of nitrogens with zero attached hydrogens (tertiary/aromatic N) is 2. The summed E-state index contributed by atoms with van der Waals surface area (Å²) in [5, 5.41) is 3.29. The summed E-state index contributed by atoms with van der Waals surface area (Å²) in [4.78, 5) is 2.25. The van der Waals surface area contributed by atoms with E-state index in [1.807, 2.05) is 0 Å². The van der Waals surface area contributed by atoms with Gasteiger partial charge in [0.05, 0.1) is 5.75 Å². The zero-order chi connectivity index (χ0) is 15.5. The molecule has 0 aromatic carbocycles. The second-order valence-electron chi connectivity index (χ2n) is 7.45. The maximum atomic E-state index is 12.5. The van der Waals surface area contributed by atoms with Crippen LogP contribution < -0.4 is 5.32 Å². The van der Waals surface area contributed by atoms with E-state index in [0.717, 1.165) is 39.0 Å². The van der Waals surface area contributed by atoms with E-state index in [4.69, 9.17) is 0 Å². The predicted molar refractivity (Wildman–Crippen MR) is 86.8 cm³/mol. The minimum atomic E-state index is -3.08. The highest BCUT2D eigenvalue weighted by atomic mass is 32.2. The van der Waals surface area contributed by atoms with Gasteiger partial charge in [0.1, 0.15) is 0 Å². The van der Waals surface area contributed by atoms with Gasteiger partial charge in [0.25, 0.3) is 0 Å². The lowest BCUT2D eigenvalue weighted by Gasteiger charge is -2.38. The summed E-state index contributed by atoms with van der Waals surface area (Å²) < 4.78 is 26.7. The quantitative estimate of drug-likeness (QED) is 0.840. The van der Waals surface area contributed by atoms with Gasteiger partial charge in [0.2, 0.25) is 10.0 Å². The number of sulfonamides is 1. The Morgan fingerprint density at radius 2 is 1.62 bits per heavy atom. The SMILES string of the molecule is CC(C)(C)C1CCN(S(=O)(=O)CCN2CCNCC2)CC1. The van der Waals surface area contributed by atoms with Crippen molar-refractivity contribution in [2.24, 2.45) is 11.3 Å². The highest BCUT2D eigenvalue weighted by molar-refractivity contribution is 7.89. The van der Waals surface area contributed by atoms with Crippen molar-refractivity contribution < 1.29 is 8.42 Å². The van der Waals surface area contributed by atoms with Crippen LogP contribution >= 0.6 is 0 Å². The van der Waals surface area contributed by atoms with E-state index >= 15 is 0 Å². The Morgan fingerprint density at radius 3 is 2.14 bits per heavy atom. The van der Waals surface area contributed by atoms with Gasteiger partial charge in [0.15, 0.2) is 0 Å². The first-order valence-corrected chi connectivity index (χ1v) is 9.81. The molecule has 2 aliphatic rings. The van der Waals surface area contributed by atoms with Crippen LogP contribution in [0.2, 0.25) is 0 Å². The molecule has 5 nitrogen and oxygen atoms in total. The molecule has 2 saturated heterocycles. The first-order chi connectivity index (χ1) is 9.79. The summed E-state index contributed by atoms with van der Waals surface area (Å²) in [6.07, 6.45) is 1.99. The minimum absolute atomic E-state index is 0.271. The van der Waals surface area contributed by atoms with Crippen molar-refractivity contribution in [2.45, 2.75) is 33.6 Å². The lowest BCUT2D eigenvalue weighted by Crippen LogP contribution is -2.47. The predicted octanol–water partition coefficient (Wildman–Crippen LogP) is 0.980. The van der Waals surface area contributed by atoms with Crippen molar-refractivity contribution in [1.29, 1.82) is 0 Å². The topological polar surface area (TPSA) is 52.7 Å². The van der Waals surface area contributed by atoms with Crippen LogP contribution in [-0.4, -0.2) is 69.2 Å². The van der Waals surface area contributed by atoms with Crippen LogP contribution in [0.4, 0.5) is 0 Å². The van der Waals surface area contributed by atoms with E-state index in [9.17, 15) is 8.42 Å². The van der Waals surface area contributed by atoms with Crippen molar-refractivity contribution in [3.63, 3.8) is 0 Å². The van der Waals surface area contributed by atoms with E-state index in [2.05, 4.69) is 31.0 Å². The molecule has 1 N–H and O–H groups in total. The van der Waals surface area contributed by atoms with Crippen LogP contribution in [0.15, 0.2) is 0 Å². The molecule has 21 heavy (non-hydrogen) atoms. The Hall–Kier alpha value is -0.170. The molecule has 0 unspecified atom stereocenters. The maximum Gasteiger partial charge on any atom is 0.215 e. The smallest absolute Gasteiger partial charge is 0.215 e. The molecule has 6 heteroatoms. The first kappa shape index (κ1) is 17.2. The van der Waals surface area contributed by atoms with E-state index in [0.29, 0.717) is 25.6 Å². The van der Waals surface area contributed by atoms with Gasteiger partial charge in [-0.3, -0.25) is 4.90 Å². The number of piperidine rings is 1. The first-order valence-electron chi connectivity index (χ1n) is 8.20. The lowest BCUT2D eigenvalue weighted by atomic mass is 9.76. The number of piperazine rings is 1. The highest BCUT2D eigenvalue weighted by Gasteiger charge is 2.33. The molecule has 0 bridgehead atoms. The molecule has 2 aliphatic heterocycles. The molecular weight excluding hydrogens is 286 g/mol. The standard InChI is InChI=1S/C15H31N3O2S/c1-15(2,3)14-4-8-18(9-5-14)21(19,20)13-12-17-10-6-16-7-11-17/h14,16H,4-13H2,1-3H3. The molecule has 124 valence electrons. The normalized spacial score (nSPS) is 24.3. The third-order valence-corrected chi connectivity index (χ3v) is 6.80. The lowest BCUT2D eigenvalue weighted by molar-refractivity contribution is 0.153. The van der Waals surface area contributed by atoms with Gasteiger partial charge in [-0.15, -0.1) is 0 Å². The largest absolute Gasteiger partial charge is 0.314 e. The summed E-state index contributed by atoms with van der Waals surface area (Å²) in [7, 11) is -3.08. The van der Waals surface area contributed by atoms with E-state index in [1.165, 1.54) is 0 Å². The summed E-state index contributed by atoms with van der Waals surface area (Å²) >= 11 is 0. The second kappa shape index (κ2) is 6.94. The highest BCUT2D eigenvalue weighted by Crippen LogP contribution is 2.34. The Kier molecular flexibility index (Phi) is 5.68. The second-order valence-corrected chi connectivity index (χ2v) is 9.54. The Labute approximate surface area is 130 Å². The molecule has 0 radical (unpaired) electrons. The monoisotopic (exact) mass is 317 g/mol. The fourth-order valence-electron chi connectivity index (χ4n) is 3.31. The molecule has 0 aromatic heterocycles. The number of hydrogen-bond donors (Lipinski definition) is 1. The summed E-state index contributed by atoms with van der Waals surface area (Å²) in [6.45, 7) is 12.7. The Bertz CT molecular complexity index is 417. The summed E-state index contributed by atoms with van der Waals surface area (Å²) in [5.41, 5.74) is 0.288. The van der Waals surface area contributed by atoms with E-state index in [1.54, 1.807) is 4.31 Å². The number of nitrogens with one attached hydrogen (secondary N) is 1. The Balaban J connectivity index is 1.80. The van der Waals surface area contributed by atoms with Gasteiger partial charge < -0.3 is 5.32 Å². The molecular formula is C15H31N3O2S. The molecule has 2 heterocycles. The molecule has 2 rings (SSSR count). The van der Waals surface area contributed by atoms with Crippen LogP contribution in [0.25, 0.3) is 0 Å². The van der Waals surface area contributed by atoms with Crippen LogP contribution in [0, 0.1) is 11.3 Å². The van der Waals surface area contributed by atoms with Crippen molar-refractivity contribution in [2.75, 3.05) is 51.6 Å². The average molecular weight is 317 g/mol. The molecule has 0 atom stereocenters. The third kappa shape index (κ3) is 4.91. The van der Waals surface area contributed by atoms with Crippen molar-refractivity contribution in [3.8, 4) is 0 Å². The molecule has 0 spiro atoms. The van der Waals surface area contributed by atoms with Gasteiger partial charge in [0, 0.05) is 45.8 Å². The maximum absolute atomic E-state index is 12.5. The van der Waals surface area contributed by atoms with Gasteiger partial charge in [-0.1, -0.05) is 20.8 Å². The molecule has 0 saturated carbocycles. The average Bonchev–Trinajstić information content (AvgIpc) is 2.46. The minimum Gasteiger partial charge on any atom is -0.314 e. The van der Waals surface area contributed by atoms with Crippen LogP contribution in [0.3, 0.4) is 0 Å². The molecule has 0 amide bonds.